The second-order valence-corrected chi connectivity index (χ2v) is 23.4. The van der Waals surface area contributed by atoms with Gasteiger partial charge in [-0.1, -0.05) is 49.4 Å². The summed E-state index contributed by atoms with van der Waals surface area (Å²) in [6, 6.07) is 11.3. The van der Waals surface area contributed by atoms with E-state index in [0.717, 1.165) is 42.6 Å². The van der Waals surface area contributed by atoms with Crippen LogP contribution < -0.4 is 5.73 Å². The third-order valence-corrected chi connectivity index (χ3v) is 17.5. The molecule has 5 heterocycles. The quantitative estimate of drug-likeness (QED) is 0.0575. The van der Waals surface area contributed by atoms with Gasteiger partial charge in [0.2, 0.25) is 0 Å². The van der Waals surface area contributed by atoms with Crippen molar-refractivity contribution in [2.45, 2.75) is 202 Å². The fourth-order valence-corrected chi connectivity index (χ4v) is 11.7. The van der Waals surface area contributed by atoms with Crippen LogP contribution in [0.2, 0.25) is 0 Å². The van der Waals surface area contributed by atoms with Gasteiger partial charge in [0.15, 0.2) is 16.7 Å². The fourth-order valence-electron chi connectivity index (χ4n) is 11.1. The number of aryl methyl sites for hydroxylation is 2. The molecule has 0 saturated carbocycles. The molecule has 3 saturated heterocycles. The summed E-state index contributed by atoms with van der Waals surface area (Å²) in [5.74, 6) is -2.67. The molecule has 0 aliphatic carbocycles. The summed E-state index contributed by atoms with van der Waals surface area (Å²) >= 11 is 1.85. The summed E-state index contributed by atoms with van der Waals surface area (Å²) in [5.41, 5.74) is 6.70. The highest BCUT2D eigenvalue weighted by atomic mass is 127. The number of alkyl halides is 1. The van der Waals surface area contributed by atoms with E-state index >= 15 is 0 Å². The van der Waals surface area contributed by atoms with Crippen LogP contribution in [0.25, 0.3) is 11.1 Å². The maximum atomic E-state index is 14.4. The number of aliphatic hydroxyl groups is 4. The molecule has 1 aromatic carbocycles. The van der Waals surface area contributed by atoms with Gasteiger partial charge in [0, 0.05) is 76.2 Å². The minimum absolute atomic E-state index is 0.172. The van der Waals surface area contributed by atoms with Crippen LogP contribution in [0.3, 0.4) is 0 Å². The van der Waals surface area contributed by atoms with E-state index in [0.29, 0.717) is 25.9 Å². The molecule has 0 radical (unpaired) electrons. The molecule has 3 aliphatic heterocycles. The van der Waals surface area contributed by atoms with Gasteiger partial charge in [-0.15, -0.1) is 5.10 Å². The van der Waals surface area contributed by atoms with E-state index < -0.39 is 93.9 Å². The number of likely N-dealkylation sites (N-methyl/N-ethyl adjacent to an activating group) is 2. The Hall–Kier alpha value is -2.77. The SMILES string of the molecule is CO[C@]1(C)C[C@H](O[C@H]2[C@H](C)[C@@H](O[C@@H]3O[C@H](C)C[C@H](N(C)CCc4cn(CCCCc5ccc(-c6cccnc6)cc5)nn4)[C@H]3O)[C@](C)(O)C[C@@H](C)CN(C)[C@H](C)[C@@H](O)[C@](C)(O)[C@@H](I)OC(=O)[C@@H]2C)O[C@@H](C)[C@@H]1N. The van der Waals surface area contributed by atoms with E-state index in [1.807, 2.05) is 99.3 Å². The highest BCUT2D eigenvalue weighted by Crippen LogP contribution is 2.40. The predicted molar refractivity (Wildman–Crippen MR) is 285 cm³/mol. The van der Waals surface area contributed by atoms with Crippen LogP contribution >= 0.6 is 22.6 Å². The lowest BCUT2D eigenvalue weighted by atomic mass is 9.77. The van der Waals surface area contributed by atoms with E-state index in [1.54, 1.807) is 34.1 Å². The standard InChI is InChI=1S/C54H86IN7O11/c1-32-27-52(7,66)48(34(3)45(71-43-28-53(8,68-12)46(56)37(6)70-43)35(4)49(65)73-51(55)54(9,67)47(64)36(5)61(11)30-32)72-50-44(63)42(26-33(2)69-50)60(10)25-22-41-31-62(59-58-41)24-14-13-16-38-18-20-39(21-19-38)40-17-15-23-57-29-40/h15,17-21,23,29,31-37,42-48,50-51,63-64,66-67H,13-14,16,22,24-28,30,56H2,1-12H3/t32-,33-,34+,35-,36-,37+,42+,43+,44-,45+,46+,47-,48-,50+,51+,52-,53-,54+/m1/s1. The Bertz CT molecular complexity index is 2170. The number of aliphatic hydroxyl groups excluding tert-OH is 2. The van der Waals surface area contributed by atoms with Gasteiger partial charge in [0.25, 0.3) is 0 Å². The zero-order valence-corrected chi connectivity index (χ0v) is 47.4. The molecule has 18 atom stereocenters. The van der Waals surface area contributed by atoms with Crippen molar-refractivity contribution in [3.8, 4) is 11.1 Å². The number of nitrogens with two attached hydrogens (primary N) is 1. The van der Waals surface area contributed by atoms with Crippen molar-refractivity contribution in [2.24, 2.45) is 23.5 Å². The van der Waals surface area contributed by atoms with Crippen molar-refractivity contribution in [1.82, 2.24) is 29.8 Å². The van der Waals surface area contributed by atoms with Crippen LogP contribution in [0.1, 0.15) is 106 Å². The first kappa shape index (κ1) is 59.5. The van der Waals surface area contributed by atoms with Crippen LogP contribution in [-0.4, -0.2) is 179 Å². The molecule has 73 heavy (non-hydrogen) atoms. The highest BCUT2D eigenvalue weighted by molar-refractivity contribution is 14.1. The molecule has 3 aromatic rings. The minimum Gasteiger partial charge on any atom is -0.448 e. The van der Waals surface area contributed by atoms with Crippen molar-refractivity contribution in [2.75, 3.05) is 34.3 Å². The Kier molecular flexibility index (Phi) is 20.8. The molecule has 3 fully saturated rings. The van der Waals surface area contributed by atoms with Gasteiger partial charge >= 0.3 is 5.97 Å². The van der Waals surface area contributed by atoms with Crippen LogP contribution in [0.15, 0.2) is 55.0 Å². The van der Waals surface area contributed by atoms with Gasteiger partial charge in [-0.3, -0.25) is 14.5 Å². The number of benzene rings is 1. The number of ether oxygens (including phenoxy) is 6. The third kappa shape index (κ3) is 14.8. The van der Waals surface area contributed by atoms with Crippen LogP contribution in [0, 0.1) is 17.8 Å². The molecule has 0 amide bonds. The smallest absolute Gasteiger partial charge is 0.312 e. The molecule has 0 spiro atoms. The van der Waals surface area contributed by atoms with Gasteiger partial charge in [0.1, 0.15) is 17.8 Å². The molecule has 2 aromatic heterocycles. The average molecular weight is 1140 g/mol. The molecule has 0 unspecified atom stereocenters. The van der Waals surface area contributed by atoms with Gasteiger partial charge in [0.05, 0.1) is 53.3 Å². The second-order valence-electron chi connectivity index (χ2n) is 22.3. The van der Waals surface area contributed by atoms with Crippen molar-refractivity contribution in [1.29, 1.82) is 0 Å². The van der Waals surface area contributed by atoms with Gasteiger partial charge < -0.3 is 64.4 Å². The molecular weight excluding hydrogens is 1050 g/mol. The Morgan fingerprint density at radius 2 is 1.67 bits per heavy atom. The Labute approximate surface area is 447 Å². The number of halogens is 1. The summed E-state index contributed by atoms with van der Waals surface area (Å²) in [4.78, 5) is 22.6. The number of methoxy groups -OCH3 is 1. The van der Waals surface area contributed by atoms with Crippen molar-refractivity contribution in [3.05, 3.63) is 66.2 Å². The number of pyridine rings is 1. The first-order chi connectivity index (χ1) is 34.3. The minimum atomic E-state index is -1.84. The van der Waals surface area contributed by atoms with Crippen LogP contribution in [-0.2, 0) is 52.6 Å². The van der Waals surface area contributed by atoms with E-state index in [2.05, 4.69) is 50.5 Å². The van der Waals surface area contributed by atoms with E-state index in [-0.39, 0.29) is 30.9 Å². The van der Waals surface area contributed by atoms with Crippen molar-refractivity contribution < 1.29 is 53.6 Å². The Morgan fingerprint density at radius 3 is 2.34 bits per heavy atom. The van der Waals surface area contributed by atoms with E-state index in [1.165, 1.54) is 12.5 Å². The lowest BCUT2D eigenvalue weighted by Crippen LogP contribution is -2.62. The zero-order chi connectivity index (χ0) is 53.6. The number of aromatic nitrogens is 4. The first-order valence-electron chi connectivity index (χ1n) is 26.2. The topological polar surface area (TPSA) is 229 Å². The lowest BCUT2D eigenvalue weighted by molar-refractivity contribution is -0.311. The molecule has 6 N–H and O–H groups in total. The van der Waals surface area contributed by atoms with Gasteiger partial charge in [-0.25, -0.2) is 0 Å². The zero-order valence-electron chi connectivity index (χ0n) is 45.2. The molecule has 3 aliphatic rings. The summed E-state index contributed by atoms with van der Waals surface area (Å²) in [6.07, 6.45) is 2.72. The maximum Gasteiger partial charge on any atom is 0.312 e. The normalized spacial score (nSPS) is 38.7. The Balaban J connectivity index is 1.17. The third-order valence-electron chi connectivity index (χ3n) is 16.0. The van der Waals surface area contributed by atoms with Gasteiger partial charge in [-0.05, 0) is 146 Å². The van der Waals surface area contributed by atoms with E-state index in [4.69, 9.17) is 34.2 Å². The number of carbonyl (C=O) groups excluding carboxylic acids is 1. The van der Waals surface area contributed by atoms with Gasteiger partial charge in [-0.2, -0.15) is 0 Å². The summed E-state index contributed by atoms with van der Waals surface area (Å²) in [6.45, 7) is 17.9. The molecule has 18 nitrogen and oxygen atoms in total. The molecule has 6 rings (SSSR count). The summed E-state index contributed by atoms with van der Waals surface area (Å²) < 4.78 is 39.2. The Morgan fingerprint density at radius 1 is 0.959 bits per heavy atom. The molecule has 19 heteroatoms. The number of esters is 1. The number of nitrogens with zero attached hydrogens (tertiary/aromatic N) is 6. The van der Waals surface area contributed by atoms with Crippen LogP contribution in [0.5, 0.6) is 0 Å². The fraction of sp³-hybridized carbons (Fsp3) is 0.741. The first-order valence-corrected chi connectivity index (χ1v) is 27.5. The number of rotatable bonds is 15. The average Bonchev–Trinajstić information content (AvgIpc) is 3.81. The largest absolute Gasteiger partial charge is 0.448 e. The summed E-state index contributed by atoms with van der Waals surface area (Å²) in [7, 11) is 5.40. The molecular formula is C54H86IN7O11. The lowest BCUT2D eigenvalue weighted by Gasteiger charge is -2.49. The maximum absolute atomic E-state index is 14.4. The van der Waals surface area contributed by atoms with E-state index in [9.17, 15) is 25.2 Å². The highest BCUT2D eigenvalue weighted by Gasteiger charge is 2.52. The van der Waals surface area contributed by atoms with Crippen LogP contribution in [0.4, 0.5) is 0 Å². The monoisotopic (exact) mass is 1140 g/mol. The number of cyclic esters (lactones) is 1. The molecule has 410 valence electrons. The number of hydrogen-bond acceptors (Lipinski definition) is 17. The number of carbonyl (C=O) groups is 1. The number of hydrogen-bond donors (Lipinski definition) is 5. The van der Waals surface area contributed by atoms with Crippen molar-refractivity contribution >= 4 is 28.6 Å². The van der Waals surface area contributed by atoms with Crippen molar-refractivity contribution in [3.63, 3.8) is 0 Å². The molecule has 0 bridgehead atoms. The summed E-state index contributed by atoms with van der Waals surface area (Å²) in [5, 5.41) is 57.2. The number of unbranched alkanes of at least 4 members (excludes halogenated alkanes) is 1. The predicted octanol–water partition coefficient (Wildman–Crippen LogP) is 5.14. The second kappa shape index (κ2) is 25.6.